The number of nitrogens with zero attached hydrogens (tertiary/aromatic N) is 1. The highest BCUT2D eigenvalue weighted by molar-refractivity contribution is 7.51. The summed E-state index contributed by atoms with van der Waals surface area (Å²) < 4.78 is 15.3. The molecule has 0 aliphatic carbocycles. The van der Waals surface area contributed by atoms with Gasteiger partial charge in [0.2, 0.25) is 0 Å². The van der Waals surface area contributed by atoms with Gasteiger partial charge in [0.05, 0.1) is 12.8 Å². The van der Waals surface area contributed by atoms with Crippen LogP contribution in [0.25, 0.3) is 0 Å². The molecule has 0 rings (SSSR count). The van der Waals surface area contributed by atoms with Crippen molar-refractivity contribution >= 4 is 7.60 Å². The smallest absolute Gasteiger partial charge is 0.325 e. The van der Waals surface area contributed by atoms with Gasteiger partial charge in [-0.2, -0.15) is 0 Å². The molecule has 6 heteroatoms. The van der Waals surface area contributed by atoms with Crippen molar-refractivity contribution in [3.05, 3.63) is 0 Å². The highest BCUT2D eigenvalue weighted by atomic mass is 31.2. The number of rotatable bonds is 7. The molecule has 0 atom stereocenters. The summed E-state index contributed by atoms with van der Waals surface area (Å²) in [7, 11) is -0.276. The lowest BCUT2D eigenvalue weighted by Gasteiger charge is -2.15. The third kappa shape index (κ3) is 9.99. The molecule has 0 aromatic rings. The maximum atomic E-state index is 10.5. The molecule has 0 radical (unpaired) electrons. The van der Waals surface area contributed by atoms with Crippen molar-refractivity contribution in [1.29, 1.82) is 0 Å². The van der Waals surface area contributed by atoms with Gasteiger partial charge in [-0.1, -0.05) is 0 Å². The molecule has 0 aliphatic rings. The van der Waals surface area contributed by atoms with E-state index in [1.54, 1.807) is 7.11 Å². The van der Waals surface area contributed by atoms with Crippen LogP contribution in [0.3, 0.4) is 0 Å². The first-order chi connectivity index (χ1) is 5.95. The summed E-state index contributed by atoms with van der Waals surface area (Å²) in [4.78, 5) is 19.1. The fourth-order valence-electron chi connectivity index (χ4n) is 0.906. The van der Waals surface area contributed by atoms with Gasteiger partial charge in [-0.05, 0) is 20.0 Å². The Morgan fingerprint density at radius 3 is 2.46 bits per heavy atom. The van der Waals surface area contributed by atoms with Gasteiger partial charge < -0.3 is 19.4 Å². The molecular weight excluding hydrogens is 193 g/mol. The van der Waals surface area contributed by atoms with E-state index < -0.39 is 7.60 Å². The Morgan fingerprint density at radius 2 is 2.00 bits per heavy atom. The molecule has 0 bridgehead atoms. The number of hydrogen-bond donors (Lipinski definition) is 2. The lowest BCUT2D eigenvalue weighted by Crippen LogP contribution is -2.24. The third-order valence-corrected chi connectivity index (χ3v) is 2.57. The predicted molar refractivity (Wildman–Crippen MR) is 50.9 cm³/mol. The molecule has 0 spiro atoms. The predicted octanol–water partition coefficient (Wildman–Crippen LogP) is 0.132. The minimum atomic E-state index is -3.81. The Hall–Kier alpha value is 0.0700. The second kappa shape index (κ2) is 6.51. The highest BCUT2D eigenvalue weighted by Crippen LogP contribution is 2.34. The van der Waals surface area contributed by atoms with Gasteiger partial charge in [0.1, 0.15) is 0 Å². The van der Waals surface area contributed by atoms with Gasteiger partial charge in [0, 0.05) is 13.7 Å². The summed E-state index contributed by atoms with van der Waals surface area (Å²) >= 11 is 0. The molecule has 0 aliphatic heterocycles. The number of methoxy groups -OCH3 is 1. The Bertz CT molecular complexity index is 170. The van der Waals surface area contributed by atoms with Gasteiger partial charge in [0.25, 0.3) is 0 Å². The maximum absolute atomic E-state index is 10.5. The van der Waals surface area contributed by atoms with E-state index in [9.17, 15) is 4.57 Å². The molecule has 0 aromatic carbocycles. The van der Waals surface area contributed by atoms with Crippen molar-refractivity contribution in [2.24, 2.45) is 0 Å². The molecule has 0 saturated heterocycles. The standard InChI is InChI=1S/C7H18NO4P/c1-8(5-6-12-2)4-3-7-13(9,10)11/h3-7H2,1-2H3,(H2,9,10,11). The van der Waals surface area contributed by atoms with Crippen molar-refractivity contribution in [2.75, 3.05) is 40.0 Å². The van der Waals surface area contributed by atoms with Crippen LogP contribution in [0.1, 0.15) is 6.42 Å². The molecule has 0 unspecified atom stereocenters. The summed E-state index contributed by atoms with van der Waals surface area (Å²) in [6.07, 6.45) is 0.481. The topological polar surface area (TPSA) is 70.0 Å². The van der Waals surface area contributed by atoms with E-state index in [1.165, 1.54) is 0 Å². The van der Waals surface area contributed by atoms with Crippen LogP contribution in [0, 0.1) is 0 Å². The molecule has 0 heterocycles. The zero-order valence-corrected chi connectivity index (χ0v) is 9.04. The van der Waals surface area contributed by atoms with E-state index in [0.29, 0.717) is 19.6 Å². The van der Waals surface area contributed by atoms with Crippen LogP contribution in [-0.2, 0) is 9.30 Å². The van der Waals surface area contributed by atoms with E-state index in [2.05, 4.69) is 0 Å². The van der Waals surface area contributed by atoms with Gasteiger partial charge in [-0.25, -0.2) is 0 Å². The first-order valence-corrected chi connectivity index (χ1v) is 5.97. The second-order valence-corrected chi connectivity index (χ2v) is 4.81. The van der Waals surface area contributed by atoms with Crippen LogP contribution in [0.15, 0.2) is 0 Å². The van der Waals surface area contributed by atoms with Crippen LogP contribution in [-0.4, -0.2) is 54.7 Å². The van der Waals surface area contributed by atoms with E-state index in [1.807, 2.05) is 11.9 Å². The molecule has 0 saturated carbocycles. The molecule has 5 nitrogen and oxygen atoms in total. The average Bonchev–Trinajstić information content (AvgIpc) is 1.98. The quantitative estimate of drug-likeness (QED) is 0.586. The van der Waals surface area contributed by atoms with Crippen molar-refractivity contribution in [3.8, 4) is 0 Å². The van der Waals surface area contributed by atoms with Crippen LogP contribution in [0.5, 0.6) is 0 Å². The van der Waals surface area contributed by atoms with Crippen LogP contribution >= 0.6 is 7.60 Å². The van der Waals surface area contributed by atoms with Crippen molar-refractivity contribution in [2.45, 2.75) is 6.42 Å². The van der Waals surface area contributed by atoms with Crippen LogP contribution < -0.4 is 0 Å². The summed E-state index contributed by atoms with van der Waals surface area (Å²) in [6, 6.07) is 0. The first kappa shape index (κ1) is 13.1. The molecule has 0 amide bonds. The summed E-state index contributed by atoms with van der Waals surface area (Å²) in [5.41, 5.74) is 0. The summed E-state index contributed by atoms with van der Waals surface area (Å²) in [5, 5.41) is 0. The normalized spacial score (nSPS) is 12.4. The molecule has 0 aromatic heterocycles. The van der Waals surface area contributed by atoms with Gasteiger partial charge in [-0.3, -0.25) is 4.57 Å². The Morgan fingerprint density at radius 1 is 1.38 bits per heavy atom. The minimum absolute atomic E-state index is 0.0374. The van der Waals surface area contributed by atoms with Gasteiger partial charge in [0.15, 0.2) is 0 Å². The summed E-state index contributed by atoms with van der Waals surface area (Å²) in [6.45, 7) is 2.12. The monoisotopic (exact) mass is 211 g/mol. The van der Waals surface area contributed by atoms with Crippen molar-refractivity contribution in [3.63, 3.8) is 0 Å². The first-order valence-electron chi connectivity index (χ1n) is 4.18. The van der Waals surface area contributed by atoms with E-state index in [4.69, 9.17) is 14.5 Å². The van der Waals surface area contributed by atoms with Crippen molar-refractivity contribution in [1.82, 2.24) is 4.90 Å². The Balaban J connectivity index is 3.37. The van der Waals surface area contributed by atoms with E-state index in [-0.39, 0.29) is 6.16 Å². The van der Waals surface area contributed by atoms with E-state index >= 15 is 0 Å². The Kier molecular flexibility index (Phi) is 6.55. The molecule has 2 N–H and O–H groups in total. The third-order valence-electron chi connectivity index (χ3n) is 1.67. The fraction of sp³-hybridized carbons (Fsp3) is 1.00. The lowest BCUT2D eigenvalue weighted by molar-refractivity contribution is 0.161. The zero-order chi connectivity index (χ0) is 10.3. The van der Waals surface area contributed by atoms with Crippen LogP contribution in [0.4, 0.5) is 0 Å². The van der Waals surface area contributed by atoms with Crippen molar-refractivity contribution < 1.29 is 19.1 Å². The Labute approximate surface area is 78.9 Å². The number of hydrogen-bond acceptors (Lipinski definition) is 3. The second-order valence-electron chi connectivity index (χ2n) is 3.04. The molecule has 80 valence electrons. The average molecular weight is 211 g/mol. The largest absolute Gasteiger partial charge is 0.383 e. The minimum Gasteiger partial charge on any atom is -0.383 e. The van der Waals surface area contributed by atoms with Gasteiger partial charge >= 0.3 is 7.60 Å². The summed E-state index contributed by atoms with van der Waals surface area (Å²) in [5.74, 6) is 0. The number of likely N-dealkylation sites (N-methyl/N-ethyl adjacent to an activating group) is 1. The fourth-order valence-corrected chi connectivity index (χ4v) is 1.46. The number of ether oxygens (including phenoxy) is 1. The van der Waals surface area contributed by atoms with E-state index in [0.717, 1.165) is 6.54 Å². The zero-order valence-electron chi connectivity index (χ0n) is 8.14. The maximum Gasteiger partial charge on any atom is 0.325 e. The lowest BCUT2D eigenvalue weighted by atomic mass is 10.4. The highest BCUT2D eigenvalue weighted by Gasteiger charge is 2.11. The molecule has 13 heavy (non-hydrogen) atoms. The SMILES string of the molecule is COCCN(C)CCCP(=O)(O)O. The molecular formula is C7H18NO4P. The molecule has 0 fully saturated rings. The van der Waals surface area contributed by atoms with Crippen LogP contribution in [0.2, 0.25) is 0 Å². The van der Waals surface area contributed by atoms with Gasteiger partial charge in [-0.15, -0.1) is 0 Å².